The van der Waals surface area contributed by atoms with Crippen molar-refractivity contribution in [2.75, 3.05) is 11.1 Å². The van der Waals surface area contributed by atoms with Gasteiger partial charge in [-0.3, -0.25) is 19.7 Å². The van der Waals surface area contributed by atoms with Crippen molar-refractivity contribution < 1.29 is 14.4 Å². The van der Waals surface area contributed by atoms with Crippen LogP contribution in [0.1, 0.15) is 50.6 Å². The number of nitrogens with zero attached hydrogens (tertiary/aromatic N) is 1. The van der Waals surface area contributed by atoms with Crippen LogP contribution in [0.3, 0.4) is 0 Å². The van der Waals surface area contributed by atoms with Crippen LogP contribution in [-0.4, -0.2) is 33.3 Å². The third-order valence-corrected chi connectivity index (χ3v) is 6.44. The van der Waals surface area contributed by atoms with Crippen LogP contribution < -0.4 is 11.1 Å². The van der Waals surface area contributed by atoms with E-state index in [4.69, 9.17) is 5.73 Å². The summed E-state index contributed by atoms with van der Waals surface area (Å²) in [4.78, 5) is 43.0. The molecule has 2 amide bonds. The second kappa shape index (κ2) is 7.01. The number of hydrogen-bond donors (Lipinski definition) is 3. The van der Waals surface area contributed by atoms with E-state index in [9.17, 15) is 14.4 Å². The molecule has 2 aromatic heterocycles. The van der Waals surface area contributed by atoms with Gasteiger partial charge in [0, 0.05) is 17.7 Å². The summed E-state index contributed by atoms with van der Waals surface area (Å²) in [5.41, 5.74) is 8.48. The Morgan fingerprint density at radius 3 is 2.80 bits per heavy atom. The maximum atomic E-state index is 12.6. The fraction of sp³-hybridized carbons (Fsp3) is 0.375. The van der Waals surface area contributed by atoms with Gasteiger partial charge >= 0.3 is 0 Å². The number of nitrogens with two attached hydrogens (primary N) is 1. The highest BCUT2D eigenvalue weighted by Crippen LogP contribution is 2.32. The molecule has 1 aliphatic carbocycles. The van der Waals surface area contributed by atoms with Crippen LogP contribution in [0.2, 0.25) is 0 Å². The lowest BCUT2D eigenvalue weighted by Gasteiger charge is -2.09. The first-order valence-electron chi connectivity index (χ1n) is 7.81. The van der Waals surface area contributed by atoms with E-state index >= 15 is 0 Å². The second-order valence-electron chi connectivity index (χ2n) is 5.86. The third-order valence-electron chi connectivity index (χ3n) is 3.98. The minimum atomic E-state index is -0.402. The molecule has 0 aliphatic heterocycles. The summed E-state index contributed by atoms with van der Waals surface area (Å²) in [6.45, 7) is 3.60. The van der Waals surface area contributed by atoms with Crippen molar-refractivity contribution >= 4 is 45.8 Å². The van der Waals surface area contributed by atoms with Crippen molar-refractivity contribution in [3.8, 4) is 0 Å². The molecular formula is C16H18N4O3S2. The Labute approximate surface area is 152 Å². The molecule has 0 atom stereocenters. The van der Waals surface area contributed by atoms with Crippen molar-refractivity contribution in [1.82, 2.24) is 9.97 Å². The summed E-state index contributed by atoms with van der Waals surface area (Å²) in [5.74, 6) is -0.467. The quantitative estimate of drug-likeness (QED) is 0.691. The molecule has 0 aromatic carbocycles. The SMILES string of the molecule is Cc1nc(NC(=O)c2[nH]c3c(c2C)C(=O)CCC3)sc1SCC(N)=O. The van der Waals surface area contributed by atoms with Gasteiger partial charge in [0.15, 0.2) is 10.9 Å². The van der Waals surface area contributed by atoms with E-state index < -0.39 is 5.91 Å². The van der Waals surface area contributed by atoms with E-state index in [2.05, 4.69) is 15.3 Å². The molecule has 2 heterocycles. The van der Waals surface area contributed by atoms with Crippen molar-refractivity contribution in [3.05, 3.63) is 28.2 Å². The Bertz CT molecular complexity index is 869. The number of H-pyrrole nitrogens is 1. The molecule has 0 bridgehead atoms. The Morgan fingerprint density at radius 1 is 1.36 bits per heavy atom. The number of thiazole rings is 1. The molecule has 1 aliphatic rings. The summed E-state index contributed by atoms with van der Waals surface area (Å²) in [6, 6.07) is 0. The molecule has 0 saturated carbocycles. The number of thioether (sulfide) groups is 1. The lowest BCUT2D eigenvalue weighted by Crippen LogP contribution is -2.13. The first-order chi connectivity index (χ1) is 11.9. The fourth-order valence-corrected chi connectivity index (χ4v) is 4.74. The normalized spacial score (nSPS) is 13.6. The van der Waals surface area contributed by atoms with Crippen LogP contribution in [0.4, 0.5) is 5.13 Å². The molecule has 25 heavy (non-hydrogen) atoms. The van der Waals surface area contributed by atoms with Crippen molar-refractivity contribution in [1.29, 1.82) is 0 Å². The maximum Gasteiger partial charge on any atom is 0.274 e. The molecular weight excluding hydrogens is 360 g/mol. The van der Waals surface area contributed by atoms with Gasteiger partial charge < -0.3 is 10.7 Å². The van der Waals surface area contributed by atoms with Gasteiger partial charge in [-0.1, -0.05) is 11.3 Å². The van der Waals surface area contributed by atoms with Crippen LogP contribution in [0.5, 0.6) is 0 Å². The molecule has 132 valence electrons. The van der Waals surface area contributed by atoms with Gasteiger partial charge in [-0.25, -0.2) is 4.98 Å². The van der Waals surface area contributed by atoms with Gasteiger partial charge in [0.05, 0.1) is 15.7 Å². The van der Waals surface area contributed by atoms with Crippen molar-refractivity contribution in [3.63, 3.8) is 0 Å². The average molecular weight is 378 g/mol. The minimum Gasteiger partial charge on any atom is -0.369 e. The van der Waals surface area contributed by atoms with Gasteiger partial charge in [-0.15, -0.1) is 11.8 Å². The highest BCUT2D eigenvalue weighted by Gasteiger charge is 2.26. The number of aromatic amines is 1. The number of fused-ring (bicyclic) bond motifs is 1. The summed E-state index contributed by atoms with van der Waals surface area (Å²) in [5, 5.41) is 3.22. The van der Waals surface area contributed by atoms with Gasteiger partial charge in [0.25, 0.3) is 5.91 Å². The molecule has 0 unspecified atom stereocenters. The minimum absolute atomic E-state index is 0.0873. The van der Waals surface area contributed by atoms with E-state index in [1.54, 1.807) is 6.92 Å². The number of hydrogen-bond acceptors (Lipinski definition) is 6. The Balaban J connectivity index is 1.78. The molecule has 4 N–H and O–H groups in total. The zero-order chi connectivity index (χ0) is 18.1. The topological polar surface area (TPSA) is 118 Å². The molecule has 3 rings (SSSR count). The van der Waals surface area contributed by atoms with Crippen LogP contribution in [-0.2, 0) is 11.2 Å². The number of aryl methyl sites for hydroxylation is 2. The van der Waals surface area contributed by atoms with Crippen molar-refractivity contribution in [2.45, 2.75) is 37.3 Å². The Hall–Kier alpha value is -2.13. The van der Waals surface area contributed by atoms with E-state index in [-0.39, 0.29) is 17.4 Å². The number of amides is 2. The van der Waals surface area contributed by atoms with E-state index in [0.717, 1.165) is 28.4 Å². The summed E-state index contributed by atoms with van der Waals surface area (Å²) < 4.78 is 0.840. The lowest BCUT2D eigenvalue weighted by molar-refractivity contribution is -0.115. The van der Waals surface area contributed by atoms with E-state index in [1.807, 2.05) is 6.92 Å². The van der Waals surface area contributed by atoms with Crippen LogP contribution in [0.25, 0.3) is 0 Å². The number of carbonyl (C=O) groups is 3. The number of Topliss-reactive ketones (excluding diaryl/α,β-unsaturated/α-hetero) is 1. The number of nitrogens with one attached hydrogen (secondary N) is 2. The third kappa shape index (κ3) is 3.62. The van der Waals surface area contributed by atoms with Crippen LogP contribution in [0, 0.1) is 13.8 Å². The van der Waals surface area contributed by atoms with E-state index in [0.29, 0.717) is 28.4 Å². The number of carbonyl (C=O) groups excluding carboxylic acids is 3. The average Bonchev–Trinajstić information content (AvgIpc) is 3.06. The number of anilines is 1. The zero-order valence-electron chi connectivity index (χ0n) is 13.9. The second-order valence-corrected chi connectivity index (χ2v) is 8.10. The first-order valence-corrected chi connectivity index (χ1v) is 9.61. The Kier molecular flexibility index (Phi) is 4.96. The highest BCUT2D eigenvalue weighted by atomic mass is 32.2. The molecule has 0 fully saturated rings. The number of aromatic nitrogens is 2. The largest absolute Gasteiger partial charge is 0.369 e. The zero-order valence-corrected chi connectivity index (χ0v) is 15.5. The molecule has 7 nitrogen and oxygen atoms in total. The standard InChI is InChI=1S/C16H18N4O3S2/c1-7-12-9(4-3-5-10(12)21)19-13(7)14(23)20-16-18-8(2)15(25-16)24-6-11(17)22/h19H,3-6H2,1-2H3,(H2,17,22)(H,18,20,23). The van der Waals surface area contributed by atoms with Gasteiger partial charge in [-0.05, 0) is 32.3 Å². The summed E-state index contributed by atoms with van der Waals surface area (Å²) >= 11 is 2.60. The smallest absolute Gasteiger partial charge is 0.274 e. The first kappa shape index (κ1) is 17.7. The fourth-order valence-electron chi connectivity index (χ4n) is 2.87. The molecule has 0 radical (unpaired) electrons. The van der Waals surface area contributed by atoms with Crippen LogP contribution >= 0.6 is 23.1 Å². The van der Waals surface area contributed by atoms with Gasteiger partial charge in [-0.2, -0.15) is 0 Å². The van der Waals surface area contributed by atoms with E-state index in [1.165, 1.54) is 23.1 Å². The lowest BCUT2D eigenvalue weighted by atomic mass is 9.94. The molecule has 0 spiro atoms. The predicted molar refractivity (Wildman–Crippen MR) is 97.5 cm³/mol. The molecule has 2 aromatic rings. The number of primary amides is 1. The van der Waals surface area contributed by atoms with Gasteiger partial charge in [0.1, 0.15) is 5.69 Å². The molecule has 0 saturated heterocycles. The van der Waals surface area contributed by atoms with Gasteiger partial charge in [0.2, 0.25) is 5.91 Å². The number of rotatable bonds is 5. The number of ketones is 1. The molecule has 9 heteroatoms. The van der Waals surface area contributed by atoms with Crippen LogP contribution in [0.15, 0.2) is 4.21 Å². The summed E-state index contributed by atoms with van der Waals surface area (Å²) in [7, 11) is 0. The Morgan fingerprint density at radius 2 is 2.12 bits per heavy atom. The predicted octanol–water partition coefficient (Wildman–Crippen LogP) is 2.44. The highest BCUT2D eigenvalue weighted by molar-refractivity contribution is 8.01. The summed E-state index contributed by atoms with van der Waals surface area (Å²) in [6.07, 6.45) is 2.11. The van der Waals surface area contributed by atoms with Crippen molar-refractivity contribution in [2.24, 2.45) is 5.73 Å². The maximum absolute atomic E-state index is 12.6. The monoisotopic (exact) mass is 378 g/mol.